The van der Waals surface area contributed by atoms with Crippen molar-refractivity contribution in [2.24, 2.45) is 34.4 Å². The molecule has 2 saturated heterocycles. The van der Waals surface area contributed by atoms with Crippen LogP contribution in [0.1, 0.15) is 94.4 Å². The smallest absolute Gasteiger partial charge is 0.407 e. The van der Waals surface area contributed by atoms with E-state index in [0.29, 0.717) is 25.8 Å². The van der Waals surface area contributed by atoms with Gasteiger partial charge in [0.1, 0.15) is 24.4 Å². The number of carbonyl (C=O) groups is 3. The third kappa shape index (κ3) is 12.2. The zero-order valence-corrected chi connectivity index (χ0v) is 32.1. The van der Waals surface area contributed by atoms with Gasteiger partial charge >= 0.3 is 18.1 Å². The number of alkyl carbamates (subject to hydrolysis) is 1. The van der Waals surface area contributed by atoms with Crippen molar-refractivity contribution >= 4 is 24.1 Å². The zero-order chi connectivity index (χ0) is 38.7. The van der Waals surface area contributed by atoms with Crippen LogP contribution in [0.25, 0.3) is 0 Å². The number of terminal acetylenes is 1. The molecule has 2 heterocycles. The van der Waals surface area contributed by atoms with Crippen LogP contribution in [0.4, 0.5) is 9.59 Å². The van der Waals surface area contributed by atoms with Gasteiger partial charge in [0.15, 0.2) is 11.7 Å². The summed E-state index contributed by atoms with van der Waals surface area (Å²) >= 11 is 0. The molecule has 2 bridgehead atoms. The van der Waals surface area contributed by atoms with Crippen molar-refractivity contribution in [1.82, 2.24) is 16.0 Å². The molecule has 2 fully saturated rings. The zero-order valence-electron chi connectivity index (χ0n) is 32.1. The number of nitrogens with one attached hydrogen (secondary N) is 3. The first-order chi connectivity index (χ1) is 23.7. The number of cyclic esters (lactones) is 1. The number of amides is 3. The molecule has 292 valence electrons. The first-order valence-electron chi connectivity index (χ1n) is 18.0. The predicted octanol–water partition coefficient (Wildman–Crippen LogP) is 2.81. The van der Waals surface area contributed by atoms with Crippen molar-refractivity contribution in [2.45, 2.75) is 142 Å². The fraction of sp³-hybridized carbons (Fsp3) is 0.833. The molecule has 0 aliphatic carbocycles. The maximum atomic E-state index is 13.9. The van der Waals surface area contributed by atoms with Gasteiger partial charge in [0.05, 0.1) is 29.8 Å². The van der Waals surface area contributed by atoms with Gasteiger partial charge in [-0.2, -0.15) is 0 Å². The molecule has 11 unspecified atom stereocenters. The van der Waals surface area contributed by atoms with Crippen molar-refractivity contribution in [2.75, 3.05) is 26.7 Å². The van der Waals surface area contributed by atoms with E-state index in [1.54, 1.807) is 41.5 Å². The van der Waals surface area contributed by atoms with E-state index in [9.17, 15) is 24.6 Å². The number of esters is 1. The Kier molecular flexibility index (Phi) is 16.5. The molecule has 0 aromatic rings. The lowest BCUT2D eigenvalue weighted by Gasteiger charge is -2.53. The van der Waals surface area contributed by atoms with Crippen LogP contribution in [-0.4, -0.2) is 109 Å². The average Bonchev–Trinajstić information content (AvgIpc) is 3.04. The lowest BCUT2D eigenvalue weighted by molar-refractivity contribution is -0.359. The van der Waals surface area contributed by atoms with E-state index >= 15 is 0 Å². The van der Waals surface area contributed by atoms with E-state index < -0.39 is 77.4 Å². The maximum Gasteiger partial charge on any atom is 0.407 e. The van der Waals surface area contributed by atoms with Gasteiger partial charge in [-0.25, -0.2) is 9.59 Å². The first-order valence-corrected chi connectivity index (χ1v) is 18.0. The van der Waals surface area contributed by atoms with Gasteiger partial charge in [-0.3, -0.25) is 15.1 Å². The monoisotopic (exact) mass is 725 g/mol. The Bertz CT molecular complexity index is 1240. The van der Waals surface area contributed by atoms with Crippen LogP contribution >= 0.6 is 0 Å². The van der Waals surface area contributed by atoms with E-state index in [4.69, 9.17) is 35.8 Å². The number of unbranched alkanes of at least 4 members (excludes halogenated alkanes) is 2. The third-order valence-corrected chi connectivity index (χ3v) is 9.90. The molecule has 7 N–H and O–H groups in total. The van der Waals surface area contributed by atoms with Crippen molar-refractivity contribution in [3.05, 3.63) is 0 Å². The highest BCUT2D eigenvalue weighted by atomic mass is 16.7. The SMILES string of the molecule is C#CCOC1C(C)C(OC(=O)NCCCCCN=C(N)NC(=O)NC)C(C)C(=O)OC(CC)C(C)(O)C2OC(C)(C)OC(C(C)CC1(C)O)C2C. The molecule has 51 heavy (non-hydrogen) atoms. The van der Waals surface area contributed by atoms with Crippen LogP contribution in [0.3, 0.4) is 0 Å². The normalized spacial score (nSPS) is 36.1. The van der Waals surface area contributed by atoms with Gasteiger partial charge in [-0.1, -0.05) is 33.6 Å². The lowest BCUT2D eigenvalue weighted by atomic mass is 9.72. The summed E-state index contributed by atoms with van der Waals surface area (Å²) < 4.78 is 30.7. The number of guanidine groups is 1. The quantitative estimate of drug-likeness (QED) is 0.0634. The predicted molar refractivity (Wildman–Crippen MR) is 191 cm³/mol. The van der Waals surface area contributed by atoms with E-state index in [-0.39, 0.29) is 43.8 Å². The van der Waals surface area contributed by atoms with Crippen molar-refractivity contribution < 1.29 is 48.3 Å². The van der Waals surface area contributed by atoms with Gasteiger partial charge in [0, 0.05) is 32.0 Å². The molecular formula is C36H63N5O10. The first kappa shape index (κ1) is 44.0. The van der Waals surface area contributed by atoms with Crippen molar-refractivity contribution in [3.63, 3.8) is 0 Å². The van der Waals surface area contributed by atoms with Gasteiger partial charge in [-0.15, -0.1) is 6.42 Å². The van der Waals surface area contributed by atoms with Crippen molar-refractivity contribution in [1.29, 1.82) is 0 Å². The molecule has 0 saturated carbocycles. The molecule has 15 nitrogen and oxygen atoms in total. The number of nitrogens with two attached hydrogens (primary N) is 1. The second-order valence-electron chi connectivity index (χ2n) is 14.9. The maximum absolute atomic E-state index is 13.9. The molecule has 0 spiro atoms. The summed E-state index contributed by atoms with van der Waals surface area (Å²) in [4.78, 5) is 42.5. The number of fused-ring (bicyclic) bond motifs is 2. The highest BCUT2D eigenvalue weighted by Gasteiger charge is 2.55. The second-order valence-corrected chi connectivity index (χ2v) is 14.9. The molecular weight excluding hydrogens is 662 g/mol. The number of aliphatic imine (C=N–C) groups is 1. The minimum atomic E-state index is -1.62. The fourth-order valence-corrected chi connectivity index (χ4v) is 7.46. The Hall–Kier alpha value is -3.16. The number of hydrogen-bond acceptors (Lipinski definition) is 11. The standard InChI is InChI=1S/C36H63N5O10/c1-12-19-47-28-23(5)27(49-33(44)40-18-16-14-15-17-39-31(37)41-32(43)38-11)24(6)30(42)48-25(13-2)36(10,46)29-22(4)26(50-34(7,8)51-29)21(3)20-35(28,9)45/h1,21-29,45-46H,13-20H2,2-11H3,(H,40,44)(H4,37,38,39,41,43). The molecule has 0 aromatic carbocycles. The molecule has 0 radical (unpaired) electrons. The number of aliphatic hydroxyl groups is 2. The Balaban J connectivity index is 2.35. The van der Waals surface area contributed by atoms with Gasteiger partial charge in [0.25, 0.3) is 0 Å². The summed E-state index contributed by atoms with van der Waals surface area (Å²) in [6.45, 7) is 16.3. The summed E-state index contributed by atoms with van der Waals surface area (Å²) in [5, 5.41) is 31.6. The van der Waals surface area contributed by atoms with Crippen LogP contribution in [0.2, 0.25) is 0 Å². The number of ether oxygens (including phenoxy) is 5. The highest BCUT2D eigenvalue weighted by molar-refractivity contribution is 5.95. The summed E-state index contributed by atoms with van der Waals surface area (Å²) in [6, 6.07) is -0.460. The van der Waals surface area contributed by atoms with Gasteiger partial charge in [-0.05, 0) is 72.6 Å². The Labute approximate surface area is 303 Å². The van der Waals surface area contributed by atoms with E-state index in [2.05, 4.69) is 26.9 Å². The van der Waals surface area contributed by atoms with E-state index in [1.807, 2.05) is 20.8 Å². The minimum absolute atomic E-state index is 0.0101. The number of nitrogens with zero attached hydrogens (tertiary/aromatic N) is 1. The molecule has 15 heteroatoms. The Morgan fingerprint density at radius 2 is 1.75 bits per heavy atom. The largest absolute Gasteiger partial charge is 0.459 e. The molecule has 2 aliphatic rings. The summed E-state index contributed by atoms with van der Waals surface area (Å²) in [7, 11) is 1.47. The van der Waals surface area contributed by atoms with Gasteiger partial charge < -0.3 is 50.3 Å². The minimum Gasteiger partial charge on any atom is -0.459 e. The van der Waals surface area contributed by atoms with Crippen LogP contribution in [0, 0.1) is 36.0 Å². The summed E-state index contributed by atoms with van der Waals surface area (Å²) in [5.41, 5.74) is 2.51. The Morgan fingerprint density at radius 3 is 2.35 bits per heavy atom. The topological polar surface area (TPSA) is 212 Å². The van der Waals surface area contributed by atoms with Crippen LogP contribution in [0.5, 0.6) is 0 Å². The molecule has 2 aliphatic heterocycles. The van der Waals surface area contributed by atoms with Crippen LogP contribution in [0.15, 0.2) is 4.99 Å². The molecule has 11 atom stereocenters. The number of urea groups is 1. The van der Waals surface area contributed by atoms with Gasteiger partial charge in [0.2, 0.25) is 0 Å². The lowest BCUT2D eigenvalue weighted by Crippen LogP contribution is -2.64. The van der Waals surface area contributed by atoms with Crippen LogP contribution < -0.4 is 21.7 Å². The molecule has 3 amide bonds. The number of carbonyl (C=O) groups excluding carboxylic acids is 3. The summed E-state index contributed by atoms with van der Waals surface area (Å²) in [6.07, 6.45) is 2.94. The fourth-order valence-electron chi connectivity index (χ4n) is 7.46. The van der Waals surface area contributed by atoms with E-state index in [0.717, 1.165) is 0 Å². The number of hydrogen-bond donors (Lipinski definition) is 6. The molecule has 0 aromatic heterocycles. The molecule has 2 rings (SSSR count). The Morgan fingerprint density at radius 1 is 1.08 bits per heavy atom. The number of rotatable bonds is 10. The highest BCUT2D eigenvalue weighted by Crippen LogP contribution is 2.44. The third-order valence-electron chi connectivity index (χ3n) is 9.90. The summed E-state index contributed by atoms with van der Waals surface area (Å²) in [5.74, 6) is -1.72. The second kappa shape index (κ2) is 19.1. The van der Waals surface area contributed by atoms with E-state index in [1.165, 1.54) is 7.05 Å². The van der Waals surface area contributed by atoms with Crippen LogP contribution in [-0.2, 0) is 28.5 Å². The average molecular weight is 726 g/mol. The van der Waals surface area contributed by atoms with Crippen molar-refractivity contribution in [3.8, 4) is 12.3 Å².